The molecule has 1 unspecified atom stereocenters. The van der Waals surface area contributed by atoms with Crippen LogP contribution in [0.1, 0.15) is 13.3 Å². The molecule has 1 atom stereocenters. The smallest absolute Gasteiger partial charge is 0.120 e. The first kappa shape index (κ1) is 13.9. The van der Waals surface area contributed by atoms with Gasteiger partial charge in [0, 0.05) is 22.0 Å². The number of ether oxygens (including phenoxy) is 1. The van der Waals surface area contributed by atoms with Crippen molar-refractivity contribution in [2.24, 2.45) is 5.73 Å². The lowest BCUT2D eigenvalue weighted by molar-refractivity contribution is 0.343. The summed E-state index contributed by atoms with van der Waals surface area (Å²) < 4.78 is 6.66. The lowest BCUT2D eigenvalue weighted by atomic mass is 10.3. The molecule has 0 fully saturated rings. The summed E-state index contributed by atoms with van der Waals surface area (Å²) in [5.74, 6) is 2.91. The van der Waals surface area contributed by atoms with Crippen molar-refractivity contribution < 1.29 is 4.74 Å². The molecule has 90 valence electrons. The minimum atomic E-state index is 0.316. The minimum absolute atomic E-state index is 0.316. The summed E-state index contributed by atoms with van der Waals surface area (Å²) in [7, 11) is 0. The molecule has 0 saturated carbocycles. The Bertz CT molecular complexity index is 309. The van der Waals surface area contributed by atoms with Crippen molar-refractivity contribution in [1.82, 2.24) is 0 Å². The fourth-order valence-electron chi connectivity index (χ4n) is 1.13. The van der Waals surface area contributed by atoms with Crippen molar-refractivity contribution in [3.63, 3.8) is 0 Å². The molecule has 4 heteroatoms. The van der Waals surface area contributed by atoms with Gasteiger partial charge in [-0.15, -0.1) is 0 Å². The van der Waals surface area contributed by atoms with Gasteiger partial charge in [0.2, 0.25) is 0 Å². The molecule has 0 amide bonds. The molecule has 0 bridgehead atoms. The van der Waals surface area contributed by atoms with Crippen LogP contribution in [0.25, 0.3) is 0 Å². The Labute approximate surface area is 110 Å². The second-order valence-corrected chi connectivity index (χ2v) is 5.61. The van der Waals surface area contributed by atoms with Gasteiger partial charge >= 0.3 is 0 Å². The van der Waals surface area contributed by atoms with Crippen LogP contribution in [0.5, 0.6) is 5.75 Å². The van der Waals surface area contributed by atoms with E-state index in [0.29, 0.717) is 6.04 Å². The molecule has 16 heavy (non-hydrogen) atoms. The van der Waals surface area contributed by atoms with Crippen molar-refractivity contribution in [3.05, 3.63) is 28.7 Å². The average Bonchev–Trinajstić information content (AvgIpc) is 2.28. The molecule has 0 radical (unpaired) electrons. The van der Waals surface area contributed by atoms with Crippen LogP contribution in [0.4, 0.5) is 0 Å². The Morgan fingerprint density at radius 1 is 1.50 bits per heavy atom. The lowest BCUT2D eigenvalue weighted by Crippen LogP contribution is -2.21. The Kier molecular flexibility index (Phi) is 6.92. The summed E-state index contributed by atoms with van der Waals surface area (Å²) in [6, 6.07) is 8.22. The van der Waals surface area contributed by atoms with E-state index in [9.17, 15) is 0 Å². The van der Waals surface area contributed by atoms with Gasteiger partial charge in [0.05, 0.1) is 6.61 Å². The molecular weight excluding hydrogens is 286 g/mol. The highest BCUT2D eigenvalue weighted by atomic mass is 79.9. The number of hydrogen-bond acceptors (Lipinski definition) is 3. The van der Waals surface area contributed by atoms with Crippen molar-refractivity contribution in [2.75, 3.05) is 18.1 Å². The summed E-state index contributed by atoms with van der Waals surface area (Å²) >= 11 is 5.26. The third-order valence-corrected chi connectivity index (χ3v) is 3.76. The normalized spacial score (nSPS) is 12.4. The number of halogens is 1. The van der Waals surface area contributed by atoms with Gasteiger partial charge in [0.25, 0.3) is 0 Å². The van der Waals surface area contributed by atoms with E-state index < -0.39 is 0 Å². The standard InChI is InChI=1S/C12H18BrNOS/c1-2-11(14)9-16-7-6-15-12-5-3-4-10(13)8-12/h3-5,8,11H,2,6-7,9,14H2,1H3. The number of thioether (sulfide) groups is 1. The number of rotatable bonds is 7. The summed E-state index contributed by atoms with van der Waals surface area (Å²) in [6.45, 7) is 2.85. The highest BCUT2D eigenvalue weighted by molar-refractivity contribution is 9.10. The molecule has 1 rings (SSSR count). The van der Waals surface area contributed by atoms with Crippen LogP contribution >= 0.6 is 27.7 Å². The molecule has 1 aromatic rings. The molecule has 0 aliphatic carbocycles. The van der Waals surface area contributed by atoms with Gasteiger partial charge < -0.3 is 10.5 Å². The third-order valence-electron chi connectivity index (χ3n) is 2.15. The third kappa shape index (κ3) is 5.77. The first-order valence-electron chi connectivity index (χ1n) is 5.44. The number of nitrogens with two attached hydrogens (primary N) is 1. The van der Waals surface area contributed by atoms with E-state index in [1.165, 1.54) is 0 Å². The Balaban J connectivity index is 2.12. The Hall–Kier alpha value is -0.190. The molecule has 0 aromatic heterocycles. The van der Waals surface area contributed by atoms with E-state index in [2.05, 4.69) is 22.9 Å². The van der Waals surface area contributed by atoms with Crippen LogP contribution in [-0.4, -0.2) is 24.2 Å². The molecule has 0 aliphatic heterocycles. The molecule has 2 N–H and O–H groups in total. The van der Waals surface area contributed by atoms with E-state index >= 15 is 0 Å². The summed E-state index contributed by atoms with van der Waals surface area (Å²) in [4.78, 5) is 0. The topological polar surface area (TPSA) is 35.2 Å². The second kappa shape index (κ2) is 7.98. The van der Waals surface area contributed by atoms with Gasteiger partial charge in [-0.1, -0.05) is 28.9 Å². The summed E-state index contributed by atoms with van der Waals surface area (Å²) in [5, 5.41) is 0. The van der Waals surface area contributed by atoms with Crippen LogP contribution in [0.2, 0.25) is 0 Å². The van der Waals surface area contributed by atoms with E-state index in [4.69, 9.17) is 10.5 Å². The fourth-order valence-corrected chi connectivity index (χ4v) is 2.41. The quantitative estimate of drug-likeness (QED) is 0.785. The Morgan fingerprint density at radius 3 is 3.00 bits per heavy atom. The first-order chi connectivity index (χ1) is 7.72. The molecular formula is C12H18BrNOS. The molecule has 0 heterocycles. The zero-order chi connectivity index (χ0) is 11.8. The second-order valence-electron chi connectivity index (χ2n) is 3.55. The van der Waals surface area contributed by atoms with Gasteiger partial charge in [-0.3, -0.25) is 0 Å². The van der Waals surface area contributed by atoms with Crippen molar-refractivity contribution >= 4 is 27.7 Å². The van der Waals surface area contributed by atoms with Crippen molar-refractivity contribution in [1.29, 1.82) is 0 Å². The van der Waals surface area contributed by atoms with Crippen LogP contribution < -0.4 is 10.5 Å². The van der Waals surface area contributed by atoms with Gasteiger partial charge in [-0.25, -0.2) is 0 Å². The predicted octanol–water partition coefficient (Wildman–Crippen LogP) is 3.30. The summed E-state index contributed by atoms with van der Waals surface area (Å²) in [6.07, 6.45) is 1.04. The van der Waals surface area contributed by atoms with Gasteiger partial charge in [0.15, 0.2) is 0 Å². The maximum Gasteiger partial charge on any atom is 0.120 e. The van der Waals surface area contributed by atoms with Crippen molar-refractivity contribution in [2.45, 2.75) is 19.4 Å². The van der Waals surface area contributed by atoms with Crippen LogP contribution in [0.3, 0.4) is 0 Å². The van der Waals surface area contributed by atoms with E-state index in [1.54, 1.807) is 0 Å². The van der Waals surface area contributed by atoms with E-state index in [0.717, 1.165) is 34.8 Å². The average molecular weight is 304 g/mol. The first-order valence-corrected chi connectivity index (χ1v) is 7.39. The van der Waals surface area contributed by atoms with Crippen LogP contribution in [0, 0.1) is 0 Å². The van der Waals surface area contributed by atoms with Gasteiger partial charge in [0.1, 0.15) is 5.75 Å². The van der Waals surface area contributed by atoms with Crippen molar-refractivity contribution in [3.8, 4) is 5.75 Å². The van der Waals surface area contributed by atoms with E-state index in [-0.39, 0.29) is 0 Å². The molecule has 2 nitrogen and oxygen atoms in total. The highest BCUT2D eigenvalue weighted by Gasteiger charge is 1.99. The van der Waals surface area contributed by atoms with Gasteiger partial charge in [-0.05, 0) is 24.6 Å². The molecule has 0 aliphatic rings. The number of hydrogen-bond donors (Lipinski definition) is 1. The zero-order valence-electron chi connectivity index (χ0n) is 9.49. The van der Waals surface area contributed by atoms with Gasteiger partial charge in [-0.2, -0.15) is 11.8 Å². The Morgan fingerprint density at radius 2 is 2.31 bits per heavy atom. The summed E-state index contributed by atoms with van der Waals surface area (Å²) in [5.41, 5.74) is 5.82. The molecule has 1 aromatic carbocycles. The maximum absolute atomic E-state index is 5.82. The van der Waals surface area contributed by atoms with Crippen LogP contribution in [-0.2, 0) is 0 Å². The molecule has 0 saturated heterocycles. The predicted molar refractivity (Wildman–Crippen MR) is 75.2 cm³/mol. The largest absolute Gasteiger partial charge is 0.493 e. The molecule has 0 spiro atoms. The highest BCUT2D eigenvalue weighted by Crippen LogP contribution is 2.17. The minimum Gasteiger partial charge on any atom is -0.493 e. The number of benzene rings is 1. The zero-order valence-corrected chi connectivity index (χ0v) is 11.9. The van der Waals surface area contributed by atoms with Crippen LogP contribution in [0.15, 0.2) is 28.7 Å². The van der Waals surface area contributed by atoms with E-state index in [1.807, 2.05) is 36.0 Å². The monoisotopic (exact) mass is 303 g/mol. The maximum atomic E-state index is 5.82. The SMILES string of the molecule is CCC(N)CSCCOc1cccc(Br)c1. The fraction of sp³-hybridized carbons (Fsp3) is 0.500. The lowest BCUT2D eigenvalue weighted by Gasteiger charge is -2.09.